The van der Waals surface area contributed by atoms with E-state index in [9.17, 15) is 4.79 Å². The van der Waals surface area contributed by atoms with Gasteiger partial charge in [0.1, 0.15) is 0 Å². The summed E-state index contributed by atoms with van der Waals surface area (Å²) in [4.78, 5) is 14.3. The van der Waals surface area contributed by atoms with Crippen molar-refractivity contribution in [3.05, 3.63) is 34.9 Å². The number of aliphatic hydroxyl groups excluding tert-OH is 1. The van der Waals surface area contributed by atoms with Crippen molar-refractivity contribution in [2.75, 3.05) is 13.2 Å². The Kier molecular flexibility index (Phi) is 3.08. The van der Waals surface area contributed by atoms with E-state index in [1.807, 2.05) is 11.0 Å². The molecule has 0 spiro atoms. The van der Waals surface area contributed by atoms with Gasteiger partial charge < -0.3 is 10.0 Å². The average Bonchev–Trinajstić information content (AvgIpc) is 3.12. The number of rotatable bonds is 4. The Morgan fingerprint density at radius 3 is 2.78 bits per heavy atom. The number of aryl methyl sites for hydroxylation is 2. The van der Waals surface area contributed by atoms with E-state index < -0.39 is 0 Å². The molecule has 2 aliphatic carbocycles. The number of benzene rings is 1. The second kappa shape index (κ2) is 4.73. The van der Waals surface area contributed by atoms with Crippen LogP contribution in [0.1, 0.15) is 40.7 Å². The van der Waals surface area contributed by atoms with Crippen molar-refractivity contribution in [1.82, 2.24) is 4.90 Å². The first-order chi connectivity index (χ1) is 8.79. The predicted octanol–water partition coefficient (Wildman–Crippen LogP) is 1.77. The number of aliphatic hydroxyl groups is 1. The highest BCUT2D eigenvalue weighted by atomic mass is 16.3. The molecule has 1 aromatic carbocycles. The number of carbonyl (C=O) groups is 1. The molecule has 3 heteroatoms. The fourth-order valence-corrected chi connectivity index (χ4v) is 2.81. The van der Waals surface area contributed by atoms with Crippen molar-refractivity contribution in [2.24, 2.45) is 0 Å². The molecule has 0 heterocycles. The van der Waals surface area contributed by atoms with Crippen molar-refractivity contribution in [2.45, 2.75) is 38.1 Å². The molecule has 1 amide bonds. The van der Waals surface area contributed by atoms with Crippen LogP contribution < -0.4 is 0 Å². The van der Waals surface area contributed by atoms with Gasteiger partial charge in [0.2, 0.25) is 0 Å². The van der Waals surface area contributed by atoms with Crippen molar-refractivity contribution < 1.29 is 9.90 Å². The smallest absolute Gasteiger partial charge is 0.254 e. The van der Waals surface area contributed by atoms with Crippen LogP contribution in [-0.4, -0.2) is 35.1 Å². The quantitative estimate of drug-likeness (QED) is 0.878. The molecule has 3 nitrogen and oxygen atoms in total. The van der Waals surface area contributed by atoms with Crippen LogP contribution in [0.25, 0.3) is 0 Å². The van der Waals surface area contributed by atoms with Gasteiger partial charge in [-0.15, -0.1) is 0 Å². The second-order valence-corrected chi connectivity index (χ2v) is 5.29. The SMILES string of the molecule is O=C(c1ccc2c(c1)CCC2)N(CCO)C1CC1. The molecular weight excluding hydrogens is 226 g/mol. The Labute approximate surface area is 107 Å². The number of nitrogens with zero attached hydrogens (tertiary/aromatic N) is 1. The van der Waals surface area contributed by atoms with Crippen LogP contribution in [0.3, 0.4) is 0 Å². The molecule has 1 saturated carbocycles. The highest BCUT2D eigenvalue weighted by Gasteiger charge is 2.32. The van der Waals surface area contributed by atoms with Gasteiger partial charge in [-0.25, -0.2) is 0 Å². The molecule has 0 radical (unpaired) electrons. The molecule has 2 aliphatic rings. The van der Waals surface area contributed by atoms with Crippen molar-refractivity contribution in [3.63, 3.8) is 0 Å². The summed E-state index contributed by atoms with van der Waals surface area (Å²) >= 11 is 0. The predicted molar refractivity (Wildman–Crippen MR) is 69.6 cm³/mol. The summed E-state index contributed by atoms with van der Waals surface area (Å²) < 4.78 is 0. The van der Waals surface area contributed by atoms with E-state index >= 15 is 0 Å². The zero-order chi connectivity index (χ0) is 12.5. The lowest BCUT2D eigenvalue weighted by Gasteiger charge is -2.21. The van der Waals surface area contributed by atoms with Gasteiger partial charge in [0.25, 0.3) is 5.91 Å². The molecule has 1 N–H and O–H groups in total. The molecule has 0 aromatic heterocycles. The maximum atomic E-state index is 12.4. The van der Waals surface area contributed by atoms with Gasteiger partial charge in [-0.1, -0.05) is 6.07 Å². The number of amides is 1. The third-order valence-electron chi connectivity index (χ3n) is 3.93. The zero-order valence-electron chi connectivity index (χ0n) is 10.6. The number of carbonyl (C=O) groups excluding carboxylic acids is 1. The maximum Gasteiger partial charge on any atom is 0.254 e. The summed E-state index contributed by atoms with van der Waals surface area (Å²) in [6.07, 6.45) is 5.61. The summed E-state index contributed by atoms with van der Waals surface area (Å²) in [5.74, 6) is 0.0845. The van der Waals surface area contributed by atoms with E-state index in [-0.39, 0.29) is 12.5 Å². The van der Waals surface area contributed by atoms with Gasteiger partial charge in [-0.2, -0.15) is 0 Å². The molecule has 0 saturated heterocycles. The van der Waals surface area contributed by atoms with Crippen LogP contribution in [0.5, 0.6) is 0 Å². The summed E-state index contributed by atoms with van der Waals surface area (Å²) in [6.45, 7) is 0.508. The van der Waals surface area contributed by atoms with Crippen LogP contribution >= 0.6 is 0 Å². The van der Waals surface area contributed by atoms with Crippen molar-refractivity contribution in [3.8, 4) is 0 Å². The molecular formula is C15H19NO2. The van der Waals surface area contributed by atoms with Crippen LogP contribution in [0.4, 0.5) is 0 Å². The number of hydrogen-bond donors (Lipinski definition) is 1. The van der Waals surface area contributed by atoms with Gasteiger partial charge >= 0.3 is 0 Å². The molecule has 1 fully saturated rings. The van der Waals surface area contributed by atoms with E-state index in [0.717, 1.165) is 31.2 Å². The second-order valence-electron chi connectivity index (χ2n) is 5.29. The Balaban J connectivity index is 1.82. The van der Waals surface area contributed by atoms with Gasteiger partial charge in [0, 0.05) is 18.2 Å². The van der Waals surface area contributed by atoms with Gasteiger partial charge in [-0.3, -0.25) is 4.79 Å². The topological polar surface area (TPSA) is 40.5 Å². The minimum atomic E-state index is 0.0488. The minimum absolute atomic E-state index is 0.0488. The van der Waals surface area contributed by atoms with E-state index in [0.29, 0.717) is 12.6 Å². The Hall–Kier alpha value is -1.35. The molecule has 0 atom stereocenters. The Bertz CT molecular complexity index is 466. The first-order valence-electron chi connectivity index (χ1n) is 6.83. The number of hydrogen-bond acceptors (Lipinski definition) is 2. The standard InChI is InChI=1S/C15H19NO2/c17-9-8-16(14-6-7-14)15(18)13-5-4-11-2-1-3-12(11)10-13/h4-5,10,14,17H,1-3,6-9H2. The highest BCUT2D eigenvalue weighted by Crippen LogP contribution is 2.29. The van der Waals surface area contributed by atoms with E-state index in [2.05, 4.69) is 12.1 Å². The van der Waals surface area contributed by atoms with Crippen molar-refractivity contribution in [1.29, 1.82) is 0 Å². The summed E-state index contributed by atoms with van der Waals surface area (Å²) in [7, 11) is 0. The lowest BCUT2D eigenvalue weighted by molar-refractivity contribution is 0.0707. The van der Waals surface area contributed by atoms with E-state index in [1.165, 1.54) is 17.5 Å². The third-order valence-corrected chi connectivity index (χ3v) is 3.93. The average molecular weight is 245 g/mol. The third kappa shape index (κ3) is 2.15. The van der Waals surface area contributed by atoms with E-state index in [1.54, 1.807) is 0 Å². The number of fused-ring (bicyclic) bond motifs is 1. The maximum absolute atomic E-state index is 12.4. The Morgan fingerprint density at radius 2 is 2.06 bits per heavy atom. The normalized spacial score (nSPS) is 17.6. The fourth-order valence-electron chi connectivity index (χ4n) is 2.81. The van der Waals surface area contributed by atoms with Crippen LogP contribution in [0.15, 0.2) is 18.2 Å². The lowest BCUT2D eigenvalue weighted by Crippen LogP contribution is -2.35. The first kappa shape index (κ1) is 11.7. The highest BCUT2D eigenvalue weighted by molar-refractivity contribution is 5.95. The molecule has 18 heavy (non-hydrogen) atoms. The van der Waals surface area contributed by atoms with Crippen LogP contribution in [-0.2, 0) is 12.8 Å². The summed E-state index contributed by atoms with van der Waals surface area (Å²) in [5, 5.41) is 9.07. The zero-order valence-corrected chi connectivity index (χ0v) is 10.6. The largest absolute Gasteiger partial charge is 0.395 e. The summed E-state index contributed by atoms with van der Waals surface area (Å²) in [6, 6.07) is 6.45. The monoisotopic (exact) mass is 245 g/mol. The molecule has 0 unspecified atom stereocenters. The Morgan fingerprint density at radius 1 is 1.28 bits per heavy atom. The molecule has 3 rings (SSSR count). The lowest BCUT2D eigenvalue weighted by atomic mass is 10.1. The fraction of sp³-hybridized carbons (Fsp3) is 0.533. The van der Waals surface area contributed by atoms with Gasteiger partial charge in [-0.05, 0) is 55.4 Å². The van der Waals surface area contributed by atoms with Crippen molar-refractivity contribution >= 4 is 5.91 Å². The first-order valence-corrected chi connectivity index (χ1v) is 6.83. The van der Waals surface area contributed by atoms with E-state index in [4.69, 9.17) is 5.11 Å². The molecule has 1 aromatic rings. The molecule has 0 bridgehead atoms. The van der Waals surface area contributed by atoms with Crippen LogP contribution in [0, 0.1) is 0 Å². The molecule has 96 valence electrons. The van der Waals surface area contributed by atoms with Gasteiger partial charge in [0.05, 0.1) is 6.61 Å². The summed E-state index contributed by atoms with van der Waals surface area (Å²) in [5.41, 5.74) is 3.52. The van der Waals surface area contributed by atoms with Crippen LogP contribution in [0.2, 0.25) is 0 Å². The minimum Gasteiger partial charge on any atom is -0.395 e. The van der Waals surface area contributed by atoms with Gasteiger partial charge in [0.15, 0.2) is 0 Å². The molecule has 0 aliphatic heterocycles.